The van der Waals surface area contributed by atoms with Crippen LogP contribution in [0.2, 0.25) is 0 Å². The van der Waals surface area contributed by atoms with Crippen LogP contribution in [0.1, 0.15) is 20.8 Å². The Morgan fingerprint density at radius 3 is 2.40 bits per heavy atom. The van der Waals surface area contributed by atoms with Gasteiger partial charge in [0.1, 0.15) is 13.5 Å². The van der Waals surface area contributed by atoms with Crippen molar-refractivity contribution >= 4 is 0 Å². The van der Waals surface area contributed by atoms with Crippen molar-refractivity contribution in [1.82, 2.24) is 4.90 Å². The third-order valence-corrected chi connectivity index (χ3v) is 1.48. The number of hydrogen-bond donors (Lipinski definition) is 1. The zero-order chi connectivity index (χ0) is 7.98. The lowest BCUT2D eigenvalue weighted by molar-refractivity contribution is -0.0608. The first-order valence-electron chi connectivity index (χ1n) is 3.65. The first kappa shape index (κ1) is 9.88. The van der Waals surface area contributed by atoms with Gasteiger partial charge in [-0.05, 0) is 20.4 Å². The van der Waals surface area contributed by atoms with Crippen LogP contribution in [-0.2, 0) is 4.74 Å². The molecule has 0 bridgehead atoms. The molecule has 3 nitrogen and oxygen atoms in total. The zero-order valence-corrected chi connectivity index (χ0v) is 7.00. The van der Waals surface area contributed by atoms with Crippen molar-refractivity contribution in [2.75, 3.05) is 20.1 Å². The number of nitrogens with zero attached hydrogens (tertiary/aromatic N) is 1. The fourth-order valence-corrected chi connectivity index (χ4v) is 0.764. The maximum atomic E-state index is 8.34. The predicted molar refractivity (Wildman–Crippen MR) is 40.6 cm³/mol. The first-order chi connectivity index (χ1) is 4.72. The van der Waals surface area contributed by atoms with Gasteiger partial charge < -0.3 is 9.84 Å². The monoisotopic (exact) mass is 147 g/mol. The van der Waals surface area contributed by atoms with Crippen molar-refractivity contribution in [2.24, 2.45) is 0 Å². The molecule has 10 heavy (non-hydrogen) atoms. The van der Waals surface area contributed by atoms with E-state index in [9.17, 15) is 0 Å². The van der Waals surface area contributed by atoms with E-state index < -0.39 is 0 Å². The van der Waals surface area contributed by atoms with E-state index in [2.05, 4.69) is 25.7 Å². The van der Waals surface area contributed by atoms with Crippen LogP contribution in [0, 0.1) is 0 Å². The van der Waals surface area contributed by atoms with Gasteiger partial charge in [0.25, 0.3) is 0 Å². The molecule has 0 heterocycles. The third-order valence-electron chi connectivity index (χ3n) is 1.48. The highest BCUT2D eigenvalue weighted by Crippen LogP contribution is 1.95. The smallest absolute Gasteiger partial charge is 0.145 e. The molecular formula is C7H17NO2. The van der Waals surface area contributed by atoms with E-state index in [1.807, 2.05) is 0 Å². The molecule has 0 aromatic carbocycles. The molecule has 0 spiro atoms. The van der Waals surface area contributed by atoms with Gasteiger partial charge in [0, 0.05) is 6.04 Å². The van der Waals surface area contributed by atoms with E-state index in [4.69, 9.17) is 9.84 Å². The number of rotatable bonds is 5. The highest BCUT2D eigenvalue weighted by atomic mass is 16.6. The van der Waals surface area contributed by atoms with E-state index in [-0.39, 0.29) is 6.79 Å². The van der Waals surface area contributed by atoms with Crippen LogP contribution in [0.15, 0.2) is 0 Å². The second kappa shape index (κ2) is 5.65. The van der Waals surface area contributed by atoms with Gasteiger partial charge in [0.15, 0.2) is 0 Å². The van der Waals surface area contributed by atoms with E-state index in [1.165, 1.54) is 0 Å². The summed E-state index contributed by atoms with van der Waals surface area (Å²) in [6, 6.07) is 0.483. The van der Waals surface area contributed by atoms with Gasteiger partial charge in [-0.25, -0.2) is 0 Å². The normalized spacial score (nSPS) is 11.4. The van der Waals surface area contributed by atoms with Gasteiger partial charge in [-0.3, -0.25) is 4.90 Å². The van der Waals surface area contributed by atoms with Crippen molar-refractivity contribution in [1.29, 1.82) is 0 Å². The Morgan fingerprint density at radius 1 is 1.50 bits per heavy atom. The Hall–Kier alpha value is -0.120. The number of hydrogen-bond acceptors (Lipinski definition) is 3. The lowest BCUT2D eigenvalue weighted by atomic mass is 10.3. The summed E-state index contributed by atoms with van der Waals surface area (Å²) >= 11 is 0. The SMILES string of the molecule is CCN(COCO)C(C)C. The fourth-order valence-electron chi connectivity index (χ4n) is 0.764. The Balaban J connectivity index is 3.40. The van der Waals surface area contributed by atoms with Gasteiger partial charge in [0.05, 0.1) is 0 Å². The Bertz CT molecular complexity index is 76.0. The molecule has 0 amide bonds. The highest BCUT2D eigenvalue weighted by Gasteiger charge is 2.04. The maximum Gasteiger partial charge on any atom is 0.145 e. The van der Waals surface area contributed by atoms with Crippen LogP contribution >= 0.6 is 0 Å². The van der Waals surface area contributed by atoms with Crippen LogP contribution in [0.5, 0.6) is 0 Å². The first-order valence-corrected chi connectivity index (χ1v) is 3.65. The standard InChI is InChI=1S/C7H17NO2/c1-4-8(7(2)3)5-10-6-9/h7,9H,4-6H2,1-3H3. The lowest BCUT2D eigenvalue weighted by Crippen LogP contribution is -2.32. The second-order valence-corrected chi connectivity index (χ2v) is 2.46. The highest BCUT2D eigenvalue weighted by molar-refractivity contribution is 4.54. The van der Waals surface area contributed by atoms with Crippen LogP contribution in [-0.4, -0.2) is 36.1 Å². The molecule has 1 N–H and O–H groups in total. The molecule has 0 saturated carbocycles. The average Bonchev–Trinajstić information content (AvgIpc) is 1.89. The molecule has 0 saturated heterocycles. The van der Waals surface area contributed by atoms with Crippen LogP contribution in [0.4, 0.5) is 0 Å². The topological polar surface area (TPSA) is 32.7 Å². The minimum absolute atomic E-state index is 0.191. The van der Waals surface area contributed by atoms with Crippen LogP contribution < -0.4 is 0 Å². The molecular weight excluding hydrogens is 130 g/mol. The second-order valence-electron chi connectivity index (χ2n) is 2.46. The molecule has 0 aromatic heterocycles. The summed E-state index contributed by atoms with van der Waals surface area (Å²) < 4.78 is 4.83. The largest absolute Gasteiger partial charge is 0.371 e. The lowest BCUT2D eigenvalue weighted by Gasteiger charge is -2.23. The third kappa shape index (κ3) is 3.82. The minimum Gasteiger partial charge on any atom is -0.371 e. The molecule has 0 radical (unpaired) electrons. The van der Waals surface area contributed by atoms with Gasteiger partial charge >= 0.3 is 0 Å². The molecule has 3 heteroatoms. The van der Waals surface area contributed by atoms with Crippen molar-refractivity contribution in [3.63, 3.8) is 0 Å². The van der Waals surface area contributed by atoms with Gasteiger partial charge in [0.2, 0.25) is 0 Å². The maximum absolute atomic E-state index is 8.34. The molecule has 62 valence electrons. The van der Waals surface area contributed by atoms with E-state index in [1.54, 1.807) is 0 Å². The summed E-state index contributed by atoms with van der Waals surface area (Å²) in [6.45, 7) is 7.56. The summed E-state index contributed by atoms with van der Waals surface area (Å²) in [5.41, 5.74) is 0. The molecule has 0 aliphatic heterocycles. The summed E-state index contributed by atoms with van der Waals surface area (Å²) in [4.78, 5) is 2.12. The minimum atomic E-state index is -0.191. The van der Waals surface area contributed by atoms with E-state index in [0.717, 1.165) is 6.54 Å². The summed E-state index contributed by atoms with van der Waals surface area (Å²) in [7, 11) is 0. The Morgan fingerprint density at radius 2 is 2.10 bits per heavy atom. The predicted octanol–water partition coefficient (Wildman–Crippen LogP) is 0.641. The van der Waals surface area contributed by atoms with Crippen molar-refractivity contribution in [2.45, 2.75) is 26.8 Å². The molecule has 0 aliphatic rings. The number of aliphatic hydroxyl groups is 1. The molecule has 0 unspecified atom stereocenters. The summed E-state index contributed by atoms with van der Waals surface area (Å²) in [5.74, 6) is 0. The van der Waals surface area contributed by atoms with Gasteiger partial charge in [-0.1, -0.05) is 6.92 Å². The Labute approximate surface area is 62.6 Å². The van der Waals surface area contributed by atoms with E-state index in [0.29, 0.717) is 12.8 Å². The molecule has 0 aromatic rings. The van der Waals surface area contributed by atoms with Gasteiger partial charge in [-0.2, -0.15) is 0 Å². The van der Waals surface area contributed by atoms with Crippen LogP contribution in [0.25, 0.3) is 0 Å². The quantitative estimate of drug-likeness (QED) is 0.579. The summed E-state index contributed by atoms with van der Waals surface area (Å²) in [6.07, 6.45) is 0. The van der Waals surface area contributed by atoms with Gasteiger partial charge in [-0.15, -0.1) is 0 Å². The molecule has 0 aliphatic carbocycles. The van der Waals surface area contributed by atoms with Crippen molar-refractivity contribution < 1.29 is 9.84 Å². The van der Waals surface area contributed by atoms with Crippen molar-refractivity contribution in [3.8, 4) is 0 Å². The molecule has 0 rings (SSSR count). The number of aliphatic hydroxyl groups excluding tert-OH is 1. The molecule has 0 atom stereocenters. The van der Waals surface area contributed by atoms with E-state index >= 15 is 0 Å². The fraction of sp³-hybridized carbons (Fsp3) is 1.00. The zero-order valence-electron chi connectivity index (χ0n) is 7.00. The summed E-state index contributed by atoms with van der Waals surface area (Å²) in [5, 5.41) is 8.34. The Kier molecular flexibility index (Phi) is 5.58. The van der Waals surface area contributed by atoms with Crippen molar-refractivity contribution in [3.05, 3.63) is 0 Å². The van der Waals surface area contributed by atoms with Crippen LogP contribution in [0.3, 0.4) is 0 Å². The molecule has 0 fully saturated rings. The number of ether oxygens (including phenoxy) is 1. The average molecular weight is 147 g/mol.